The molecule has 2 heterocycles. The maximum Gasteiger partial charge on any atom is 0.241 e. The van der Waals surface area contributed by atoms with Crippen molar-refractivity contribution >= 4 is 40.9 Å². The zero-order valence-corrected chi connectivity index (χ0v) is 26.0. The van der Waals surface area contributed by atoms with E-state index in [1.165, 1.54) is 17.0 Å². The summed E-state index contributed by atoms with van der Waals surface area (Å²) >= 11 is 6.06. The van der Waals surface area contributed by atoms with Crippen molar-refractivity contribution in [2.75, 3.05) is 11.4 Å². The molecule has 10 heteroatoms. The molecule has 1 saturated carbocycles. The van der Waals surface area contributed by atoms with Crippen molar-refractivity contribution in [3.05, 3.63) is 99.8 Å². The maximum atomic E-state index is 14.5. The Balaban J connectivity index is 1.30. The van der Waals surface area contributed by atoms with Crippen LogP contribution in [-0.4, -0.2) is 45.3 Å². The average Bonchev–Trinajstić information content (AvgIpc) is 3.39. The van der Waals surface area contributed by atoms with Crippen molar-refractivity contribution in [3.63, 3.8) is 0 Å². The first-order valence-corrected chi connectivity index (χ1v) is 15.8. The van der Waals surface area contributed by atoms with Gasteiger partial charge in [-0.25, -0.2) is 9.29 Å². The van der Waals surface area contributed by atoms with E-state index in [1.807, 2.05) is 6.08 Å². The monoisotopic (exact) mass is 642 g/mol. The summed E-state index contributed by atoms with van der Waals surface area (Å²) in [6.07, 6.45) is 2.81. The highest BCUT2D eigenvalue weighted by molar-refractivity contribution is 6.31. The number of amides is 4. The fourth-order valence-corrected chi connectivity index (χ4v) is 8.51. The Hall–Kier alpha value is -4.50. The molecule has 0 bridgehead atoms. The first kappa shape index (κ1) is 30.2. The molecule has 4 aliphatic rings. The second kappa shape index (κ2) is 10.8. The molecule has 2 N–H and O–H groups in total. The largest absolute Gasteiger partial charge is 0.508 e. The molecule has 2 aliphatic heterocycles. The van der Waals surface area contributed by atoms with Gasteiger partial charge in [0.2, 0.25) is 23.6 Å². The highest BCUT2D eigenvalue weighted by Gasteiger charge is 2.67. The fourth-order valence-electron chi connectivity index (χ4n) is 8.33. The summed E-state index contributed by atoms with van der Waals surface area (Å²) in [6, 6.07) is 15.6. The van der Waals surface area contributed by atoms with E-state index in [-0.39, 0.29) is 47.0 Å². The second-order valence-corrected chi connectivity index (χ2v) is 13.4. The zero-order chi connectivity index (χ0) is 32.7. The lowest BCUT2D eigenvalue weighted by Crippen LogP contribution is -2.49. The summed E-state index contributed by atoms with van der Waals surface area (Å²) in [5, 5.41) is 20.7. The van der Waals surface area contributed by atoms with Crippen LogP contribution in [0.15, 0.2) is 72.3 Å². The number of anilines is 1. The lowest BCUT2D eigenvalue weighted by Gasteiger charge is -2.49. The Morgan fingerprint density at radius 2 is 1.70 bits per heavy atom. The van der Waals surface area contributed by atoms with E-state index < -0.39 is 52.6 Å². The number of likely N-dealkylation sites (tertiary alicyclic amines) is 1. The highest BCUT2D eigenvalue weighted by atomic mass is 35.5. The van der Waals surface area contributed by atoms with Crippen LogP contribution >= 0.6 is 11.6 Å². The number of hydrogen-bond donors (Lipinski definition) is 2. The number of imide groups is 2. The van der Waals surface area contributed by atoms with Gasteiger partial charge in [-0.2, -0.15) is 0 Å². The van der Waals surface area contributed by atoms with Gasteiger partial charge in [-0.15, -0.1) is 0 Å². The molecule has 0 spiro atoms. The summed E-state index contributed by atoms with van der Waals surface area (Å²) in [5.74, 6) is -5.60. The number of phenolic OH excluding ortho intramolecular Hbond substituents is 2. The number of benzene rings is 3. The number of fused-ring (bicyclic) bond motifs is 4. The number of para-hydroxylation sites is 1. The maximum absolute atomic E-state index is 14.5. The van der Waals surface area contributed by atoms with E-state index in [0.29, 0.717) is 24.0 Å². The first-order valence-electron chi connectivity index (χ1n) is 15.4. The van der Waals surface area contributed by atoms with Gasteiger partial charge in [-0.3, -0.25) is 24.1 Å². The number of nitrogens with zero attached hydrogens (tertiary/aromatic N) is 2. The third-order valence-corrected chi connectivity index (χ3v) is 11.0. The van der Waals surface area contributed by atoms with Crippen molar-refractivity contribution in [1.29, 1.82) is 0 Å². The molecule has 6 unspecified atom stereocenters. The minimum Gasteiger partial charge on any atom is -0.508 e. The minimum absolute atomic E-state index is 0.00373. The summed E-state index contributed by atoms with van der Waals surface area (Å²) < 4.78 is 14.1. The zero-order valence-electron chi connectivity index (χ0n) is 25.2. The smallest absolute Gasteiger partial charge is 0.241 e. The van der Waals surface area contributed by atoms with Crippen molar-refractivity contribution in [1.82, 2.24) is 4.90 Å². The van der Waals surface area contributed by atoms with E-state index in [4.69, 9.17) is 11.6 Å². The molecular formula is C36H32ClFN2O6. The molecule has 2 aliphatic carbocycles. The van der Waals surface area contributed by atoms with Gasteiger partial charge in [-0.1, -0.05) is 53.6 Å². The van der Waals surface area contributed by atoms with Crippen LogP contribution in [0.25, 0.3) is 0 Å². The number of allylic oxidation sites excluding steroid dienone is 2. The number of aromatic hydroxyl groups is 2. The summed E-state index contributed by atoms with van der Waals surface area (Å²) in [7, 11) is 0. The van der Waals surface area contributed by atoms with Gasteiger partial charge in [0, 0.05) is 18.0 Å². The summed E-state index contributed by atoms with van der Waals surface area (Å²) in [4.78, 5) is 58.9. The molecule has 2 saturated heterocycles. The number of hydrogen-bond acceptors (Lipinski definition) is 6. The van der Waals surface area contributed by atoms with Crippen LogP contribution in [-0.2, 0) is 25.6 Å². The summed E-state index contributed by atoms with van der Waals surface area (Å²) in [6.45, 7) is 3.66. The van der Waals surface area contributed by atoms with Crippen LogP contribution in [0, 0.1) is 41.8 Å². The Morgan fingerprint density at radius 1 is 0.957 bits per heavy atom. The van der Waals surface area contributed by atoms with Crippen molar-refractivity contribution in [3.8, 4) is 11.5 Å². The average molecular weight is 643 g/mol. The van der Waals surface area contributed by atoms with Crippen molar-refractivity contribution in [2.45, 2.75) is 39.0 Å². The topological polar surface area (TPSA) is 115 Å². The Labute approximate surface area is 270 Å². The first-order chi connectivity index (χ1) is 21.9. The number of aryl methyl sites for hydroxylation is 1. The van der Waals surface area contributed by atoms with E-state index in [1.54, 1.807) is 56.3 Å². The van der Waals surface area contributed by atoms with Crippen LogP contribution in [0.4, 0.5) is 10.1 Å². The van der Waals surface area contributed by atoms with Crippen LogP contribution in [0.1, 0.15) is 42.4 Å². The standard InChI is InChI=1S/C36H32ClFN2O6/c1-18-4-3-5-24(31(18)42)30-22-11-12-23-29(34(45)39(32(23)43)15-14-19-6-9-21(41)10-7-19)25(22)17-26-33(44)40(35(46)36(26,30)2)20-8-13-28(38)27(37)16-20/h3-11,13,16,23,25-26,29-30,41-42H,12,14-15,17H2,1-2H3. The molecule has 0 aromatic heterocycles. The second-order valence-electron chi connectivity index (χ2n) is 13.0. The molecule has 7 rings (SSSR count). The van der Waals surface area contributed by atoms with Crippen LogP contribution in [0.5, 0.6) is 11.5 Å². The predicted octanol–water partition coefficient (Wildman–Crippen LogP) is 5.67. The third kappa shape index (κ3) is 4.31. The van der Waals surface area contributed by atoms with Crippen LogP contribution in [0.2, 0.25) is 5.02 Å². The van der Waals surface area contributed by atoms with Gasteiger partial charge < -0.3 is 10.2 Å². The predicted molar refractivity (Wildman–Crippen MR) is 167 cm³/mol. The van der Waals surface area contributed by atoms with Crippen LogP contribution in [0.3, 0.4) is 0 Å². The molecule has 4 amide bonds. The van der Waals surface area contributed by atoms with E-state index >= 15 is 0 Å². The Morgan fingerprint density at radius 3 is 2.41 bits per heavy atom. The summed E-state index contributed by atoms with van der Waals surface area (Å²) in [5.41, 5.74) is 1.51. The number of carbonyl (C=O) groups is 4. The molecule has 3 fully saturated rings. The van der Waals surface area contributed by atoms with Gasteiger partial charge in [0.1, 0.15) is 17.3 Å². The Bertz CT molecular complexity index is 1860. The number of phenols is 2. The molecule has 8 nitrogen and oxygen atoms in total. The van der Waals surface area contributed by atoms with E-state index in [9.17, 15) is 33.8 Å². The SMILES string of the molecule is Cc1cccc(C2C3=CCC4C(=O)N(CCc5ccc(O)cc5)C(=O)C4C3CC3C(=O)N(c4ccc(F)c(Cl)c4)C(=O)C32C)c1O. The molecule has 236 valence electrons. The van der Waals surface area contributed by atoms with Gasteiger partial charge in [0.15, 0.2) is 0 Å². The molecular weight excluding hydrogens is 611 g/mol. The quantitative estimate of drug-likeness (QED) is 0.274. The van der Waals surface area contributed by atoms with E-state index in [0.717, 1.165) is 22.1 Å². The molecule has 3 aromatic carbocycles. The Kier molecular flexibility index (Phi) is 7.08. The lowest BCUT2D eigenvalue weighted by molar-refractivity contribution is -0.140. The van der Waals surface area contributed by atoms with Gasteiger partial charge >= 0.3 is 0 Å². The number of carbonyl (C=O) groups excluding carboxylic acids is 4. The van der Waals surface area contributed by atoms with E-state index in [2.05, 4.69) is 0 Å². The van der Waals surface area contributed by atoms with Crippen molar-refractivity contribution < 1.29 is 33.8 Å². The van der Waals surface area contributed by atoms with Crippen LogP contribution < -0.4 is 4.90 Å². The third-order valence-electron chi connectivity index (χ3n) is 10.7. The lowest BCUT2D eigenvalue weighted by atomic mass is 9.51. The minimum atomic E-state index is -1.34. The fraction of sp³-hybridized carbons (Fsp3) is 0.333. The number of rotatable bonds is 5. The highest BCUT2D eigenvalue weighted by Crippen LogP contribution is 2.64. The molecule has 6 atom stereocenters. The van der Waals surface area contributed by atoms with Gasteiger partial charge in [0.05, 0.1) is 33.9 Å². The number of halogens is 2. The van der Waals surface area contributed by atoms with Gasteiger partial charge in [0.25, 0.3) is 0 Å². The normalized spacial score (nSPS) is 28.7. The molecule has 0 radical (unpaired) electrons. The molecule has 3 aromatic rings. The van der Waals surface area contributed by atoms with Crippen molar-refractivity contribution in [2.24, 2.45) is 29.1 Å². The molecule has 46 heavy (non-hydrogen) atoms. The van der Waals surface area contributed by atoms with Gasteiger partial charge in [-0.05, 0) is 80.5 Å².